The van der Waals surface area contributed by atoms with E-state index in [4.69, 9.17) is 9.53 Å². The molecule has 0 aromatic rings. The number of hydrogen-bond acceptors (Lipinski definition) is 3. The van der Waals surface area contributed by atoms with Crippen molar-refractivity contribution in [3.63, 3.8) is 0 Å². The Morgan fingerprint density at radius 3 is 2.76 bits per heavy atom. The molecule has 0 spiro atoms. The van der Waals surface area contributed by atoms with Gasteiger partial charge >= 0.3 is 5.97 Å². The van der Waals surface area contributed by atoms with Crippen LogP contribution in [0, 0.1) is 5.92 Å². The van der Waals surface area contributed by atoms with Crippen LogP contribution in [0.4, 0.5) is 0 Å². The van der Waals surface area contributed by atoms with Crippen molar-refractivity contribution < 1.29 is 14.3 Å². The van der Waals surface area contributed by atoms with Crippen molar-refractivity contribution in [3.05, 3.63) is 11.8 Å². The number of carboxylic acids is 1. The van der Waals surface area contributed by atoms with E-state index in [0.717, 1.165) is 13.0 Å². The Hall–Kier alpha value is -0.813. The van der Waals surface area contributed by atoms with E-state index in [9.17, 15) is 4.79 Å². The van der Waals surface area contributed by atoms with Gasteiger partial charge in [-0.2, -0.15) is 0 Å². The third-order valence-corrected chi connectivity index (χ3v) is 4.60. The summed E-state index contributed by atoms with van der Waals surface area (Å²) in [5, 5.41) is 9.01. The zero-order valence-corrected chi connectivity index (χ0v) is 11.9. The van der Waals surface area contributed by atoms with E-state index in [1.54, 1.807) is 0 Å². The largest absolute Gasteiger partial charge is 0.477 e. The van der Waals surface area contributed by atoms with Gasteiger partial charge in [-0.15, -0.1) is 0 Å². The molecule has 1 N–H and O–H groups in total. The molecule has 5 heteroatoms. The molecule has 3 atom stereocenters. The van der Waals surface area contributed by atoms with Crippen LogP contribution in [0.25, 0.3) is 0 Å². The molecule has 2 unspecified atom stereocenters. The zero-order valence-electron chi connectivity index (χ0n) is 10.9. The monoisotopic (exact) mass is 255 g/mol. The molecule has 96 valence electrons. The topological polar surface area (TPSA) is 49.8 Å². The lowest BCUT2D eigenvalue weighted by molar-refractivity contribution is -0.136. The van der Waals surface area contributed by atoms with E-state index >= 15 is 0 Å². The fourth-order valence-electron chi connectivity index (χ4n) is 2.82. The summed E-state index contributed by atoms with van der Waals surface area (Å²) in [5.74, 6) is -0.320. The summed E-state index contributed by atoms with van der Waals surface area (Å²) < 4.78 is 6.09. The number of carbonyl (C=O) groups is 1. The second-order valence-corrected chi connectivity index (χ2v) is 10.4. The average molecular weight is 255 g/mol. The molecule has 1 saturated heterocycles. The van der Waals surface area contributed by atoms with Crippen molar-refractivity contribution in [2.24, 2.45) is 5.92 Å². The third kappa shape index (κ3) is 2.40. The van der Waals surface area contributed by atoms with Crippen LogP contribution >= 0.6 is 0 Å². The van der Waals surface area contributed by atoms with Gasteiger partial charge < -0.3 is 14.4 Å². The van der Waals surface area contributed by atoms with Crippen molar-refractivity contribution in [2.45, 2.75) is 45.1 Å². The summed E-state index contributed by atoms with van der Waals surface area (Å²) >= 11 is 0. The lowest BCUT2D eigenvalue weighted by Gasteiger charge is -2.49. The van der Waals surface area contributed by atoms with E-state index in [-0.39, 0.29) is 6.10 Å². The summed E-state index contributed by atoms with van der Waals surface area (Å²) in [6, 6.07) is 0.354. The summed E-state index contributed by atoms with van der Waals surface area (Å²) in [4.78, 5) is 13.0. The van der Waals surface area contributed by atoms with E-state index in [1.807, 2.05) is 11.0 Å². The normalized spacial score (nSPS) is 29.4. The Labute approximate surface area is 103 Å². The second-order valence-electron chi connectivity index (χ2n) is 5.95. The molecule has 0 amide bonds. The lowest BCUT2D eigenvalue weighted by Crippen LogP contribution is -2.58. The van der Waals surface area contributed by atoms with Gasteiger partial charge in [0.05, 0.1) is 0 Å². The molecule has 1 fully saturated rings. The zero-order chi connectivity index (χ0) is 12.8. The quantitative estimate of drug-likeness (QED) is 0.780. The van der Waals surface area contributed by atoms with Gasteiger partial charge in [0.1, 0.15) is 5.70 Å². The summed E-state index contributed by atoms with van der Waals surface area (Å²) in [7, 11) is -1.50. The highest BCUT2D eigenvalue weighted by Crippen LogP contribution is 2.40. The maximum Gasteiger partial charge on any atom is 0.351 e. The van der Waals surface area contributed by atoms with Gasteiger partial charge in [-0.3, -0.25) is 0 Å². The smallest absolute Gasteiger partial charge is 0.351 e. The van der Waals surface area contributed by atoms with Crippen LogP contribution in [0.2, 0.25) is 19.6 Å². The first-order valence-corrected chi connectivity index (χ1v) is 9.58. The van der Waals surface area contributed by atoms with Gasteiger partial charge in [-0.1, -0.05) is 6.08 Å². The Bertz CT molecular complexity index is 361. The first kappa shape index (κ1) is 12.6. The molecule has 17 heavy (non-hydrogen) atoms. The predicted octanol–water partition coefficient (Wildman–Crippen LogP) is 1.90. The third-order valence-electron chi connectivity index (χ3n) is 3.53. The highest BCUT2D eigenvalue weighted by molar-refractivity contribution is 6.69. The van der Waals surface area contributed by atoms with Crippen molar-refractivity contribution in [1.82, 2.24) is 4.90 Å². The van der Waals surface area contributed by atoms with Crippen LogP contribution in [0.1, 0.15) is 13.3 Å². The van der Waals surface area contributed by atoms with Crippen LogP contribution in [-0.2, 0) is 9.22 Å². The van der Waals surface area contributed by atoms with Gasteiger partial charge in [-0.05, 0) is 33.0 Å². The minimum absolute atomic E-state index is 0.240. The summed E-state index contributed by atoms with van der Waals surface area (Å²) in [5.41, 5.74) is 0.478. The molecular weight excluding hydrogens is 234 g/mol. The van der Waals surface area contributed by atoms with Crippen LogP contribution in [-0.4, -0.2) is 43.0 Å². The first-order valence-electron chi connectivity index (χ1n) is 6.17. The number of carboxylic acid groups (broad SMARTS) is 1. The number of aliphatic carboxylic acids is 1. The van der Waals surface area contributed by atoms with E-state index in [2.05, 4.69) is 26.6 Å². The highest BCUT2D eigenvalue weighted by atomic mass is 28.4. The Morgan fingerprint density at radius 2 is 2.24 bits per heavy atom. The molecule has 2 aliphatic heterocycles. The number of nitrogens with zero attached hydrogens (tertiary/aromatic N) is 1. The van der Waals surface area contributed by atoms with Crippen molar-refractivity contribution in [1.29, 1.82) is 0 Å². The molecule has 0 bridgehead atoms. The molecule has 0 radical (unpaired) electrons. The summed E-state index contributed by atoms with van der Waals surface area (Å²) in [6.45, 7) is 9.52. The number of hydrogen-bond donors (Lipinski definition) is 1. The van der Waals surface area contributed by atoms with Gasteiger partial charge in [0.15, 0.2) is 8.32 Å². The van der Waals surface area contributed by atoms with Gasteiger partial charge in [0, 0.05) is 24.6 Å². The standard InChI is InChI=1S/C12H21NO3Si/c1-8(16-17(2,3)4)9-7-13-10(9)5-6-11(13)12(14)15/h6,8-10H,5,7H2,1-4H3,(H,14,15)/t8-,9?,10?/m1/s1. The fourth-order valence-corrected chi connectivity index (χ4v) is 4.11. The van der Waals surface area contributed by atoms with Gasteiger partial charge in [0.2, 0.25) is 0 Å². The van der Waals surface area contributed by atoms with Crippen molar-refractivity contribution in [3.8, 4) is 0 Å². The molecule has 0 aliphatic carbocycles. The highest BCUT2D eigenvalue weighted by Gasteiger charge is 2.47. The lowest BCUT2D eigenvalue weighted by atomic mass is 9.85. The fraction of sp³-hybridized carbons (Fsp3) is 0.750. The van der Waals surface area contributed by atoms with Gasteiger partial charge in [-0.25, -0.2) is 4.79 Å². The van der Waals surface area contributed by atoms with Crippen molar-refractivity contribution >= 4 is 14.3 Å². The Balaban J connectivity index is 1.92. The molecule has 0 aromatic carbocycles. The molecule has 0 aromatic heterocycles. The molecule has 2 rings (SSSR count). The van der Waals surface area contributed by atoms with Crippen LogP contribution < -0.4 is 0 Å². The maximum absolute atomic E-state index is 11.0. The maximum atomic E-state index is 11.0. The minimum atomic E-state index is -1.50. The van der Waals surface area contributed by atoms with Crippen LogP contribution in [0.15, 0.2) is 11.8 Å². The van der Waals surface area contributed by atoms with Crippen LogP contribution in [0.3, 0.4) is 0 Å². The second kappa shape index (κ2) is 4.14. The van der Waals surface area contributed by atoms with E-state index < -0.39 is 14.3 Å². The molecule has 2 heterocycles. The number of rotatable bonds is 4. The van der Waals surface area contributed by atoms with Gasteiger partial charge in [0.25, 0.3) is 0 Å². The molecular formula is C12H21NO3Si. The van der Waals surface area contributed by atoms with E-state index in [0.29, 0.717) is 17.7 Å². The predicted molar refractivity (Wildman–Crippen MR) is 68.2 cm³/mol. The minimum Gasteiger partial charge on any atom is -0.477 e. The average Bonchev–Trinajstić information content (AvgIpc) is 2.39. The first-order chi connectivity index (χ1) is 7.79. The Morgan fingerprint density at radius 1 is 1.59 bits per heavy atom. The number of fused-ring (bicyclic) bond motifs is 1. The summed E-state index contributed by atoms with van der Waals surface area (Å²) in [6.07, 6.45) is 2.93. The van der Waals surface area contributed by atoms with E-state index in [1.165, 1.54) is 0 Å². The molecule has 0 saturated carbocycles. The van der Waals surface area contributed by atoms with Crippen LogP contribution in [0.5, 0.6) is 0 Å². The molecule has 4 nitrogen and oxygen atoms in total. The Kier molecular flexibility index (Phi) is 3.07. The SMILES string of the molecule is C[C@@H](O[Si](C)(C)C)C1CN2C(C(=O)O)=CCC12. The molecule has 2 aliphatic rings. The van der Waals surface area contributed by atoms with Crippen molar-refractivity contribution in [2.75, 3.05) is 6.54 Å².